The lowest BCUT2D eigenvalue weighted by molar-refractivity contribution is -0.169. The largest absolute Gasteiger partial charge is 0.487 e. The van der Waals surface area contributed by atoms with Crippen LogP contribution in [0.15, 0.2) is 24.3 Å². The van der Waals surface area contributed by atoms with E-state index < -0.39 is 0 Å². The molecule has 1 aromatic carbocycles. The molecule has 1 aromatic rings. The zero-order chi connectivity index (χ0) is 22.5. The highest BCUT2D eigenvalue weighted by molar-refractivity contribution is 5.39. The monoisotopic (exact) mass is 458 g/mol. The van der Waals surface area contributed by atoms with Crippen molar-refractivity contribution >= 4 is 0 Å². The van der Waals surface area contributed by atoms with Crippen molar-refractivity contribution in [2.75, 3.05) is 85.9 Å². The number of hydrogen-bond acceptors (Lipinski definition) is 9. The second-order valence-corrected chi connectivity index (χ2v) is 6.98. The Morgan fingerprint density at radius 1 is 0.688 bits per heavy atom. The van der Waals surface area contributed by atoms with Crippen molar-refractivity contribution in [3.63, 3.8) is 0 Å². The summed E-state index contributed by atoms with van der Waals surface area (Å²) in [5.41, 5.74) is 0. The molecule has 1 atom stereocenters. The van der Waals surface area contributed by atoms with Gasteiger partial charge in [0.05, 0.1) is 66.1 Å². The summed E-state index contributed by atoms with van der Waals surface area (Å²) in [5, 5.41) is 8.62. The van der Waals surface area contributed by atoms with E-state index >= 15 is 0 Å². The van der Waals surface area contributed by atoms with Gasteiger partial charge in [-0.25, -0.2) is 0 Å². The highest BCUT2D eigenvalue weighted by atomic mass is 16.7. The van der Waals surface area contributed by atoms with E-state index in [0.717, 1.165) is 25.9 Å². The third-order valence-electron chi connectivity index (χ3n) is 4.47. The van der Waals surface area contributed by atoms with Crippen molar-refractivity contribution in [3.05, 3.63) is 24.3 Å². The highest BCUT2D eigenvalue weighted by Crippen LogP contribution is 2.26. The topological polar surface area (TPSA) is 94.1 Å². The summed E-state index contributed by atoms with van der Waals surface area (Å²) in [4.78, 5) is 0. The van der Waals surface area contributed by atoms with Gasteiger partial charge in [0.15, 0.2) is 17.8 Å². The molecule has 1 unspecified atom stereocenters. The summed E-state index contributed by atoms with van der Waals surface area (Å²) < 4.78 is 44.2. The van der Waals surface area contributed by atoms with Gasteiger partial charge in [-0.1, -0.05) is 12.1 Å². The molecule has 0 amide bonds. The van der Waals surface area contributed by atoms with E-state index in [0.29, 0.717) is 84.2 Å². The average molecular weight is 459 g/mol. The van der Waals surface area contributed by atoms with Crippen molar-refractivity contribution in [3.8, 4) is 11.5 Å². The van der Waals surface area contributed by atoms with Crippen molar-refractivity contribution in [1.29, 1.82) is 0 Å². The minimum atomic E-state index is -0.0721. The SMILES string of the molecule is OCCOCCOCCOc1ccccc1OCCOCCOCCOC1CCCCO1. The van der Waals surface area contributed by atoms with Crippen molar-refractivity contribution in [2.45, 2.75) is 25.6 Å². The van der Waals surface area contributed by atoms with E-state index in [-0.39, 0.29) is 12.9 Å². The molecule has 0 radical (unpaired) electrons. The second-order valence-electron chi connectivity index (χ2n) is 6.98. The first-order valence-electron chi connectivity index (χ1n) is 11.4. The normalized spacial score (nSPS) is 16.2. The molecule has 1 aliphatic rings. The Morgan fingerprint density at radius 3 is 1.75 bits per heavy atom. The van der Waals surface area contributed by atoms with Crippen LogP contribution in [0.25, 0.3) is 0 Å². The molecule has 0 bridgehead atoms. The molecule has 1 saturated heterocycles. The Morgan fingerprint density at radius 2 is 1.22 bits per heavy atom. The number of ether oxygens (including phenoxy) is 8. The molecule has 1 aliphatic heterocycles. The first kappa shape index (κ1) is 26.8. The smallest absolute Gasteiger partial charge is 0.161 e. The van der Waals surface area contributed by atoms with Crippen LogP contribution in [0.1, 0.15) is 19.3 Å². The molecular formula is C23H38O9. The maximum Gasteiger partial charge on any atom is 0.161 e. The molecule has 0 saturated carbocycles. The molecule has 9 nitrogen and oxygen atoms in total. The molecule has 184 valence electrons. The van der Waals surface area contributed by atoms with Crippen LogP contribution < -0.4 is 9.47 Å². The minimum Gasteiger partial charge on any atom is -0.487 e. The molecule has 1 N–H and O–H groups in total. The van der Waals surface area contributed by atoms with Crippen molar-refractivity contribution in [2.24, 2.45) is 0 Å². The summed E-state index contributed by atoms with van der Waals surface area (Å²) >= 11 is 0. The number of rotatable bonds is 20. The second kappa shape index (κ2) is 19.0. The number of para-hydroxylation sites is 2. The van der Waals surface area contributed by atoms with Gasteiger partial charge in [-0.2, -0.15) is 0 Å². The van der Waals surface area contributed by atoms with E-state index in [2.05, 4.69) is 0 Å². The lowest BCUT2D eigenvalue weighted by Gasteiger charge is -2.22. The fraction of sp³-hybridized carbons (Fsp3) is 0.739. The molecule has 9 heteroatoms. The van der Waals surface area contributed by atoms with Crippen LogP contribution in [0.2, 0.25) is 0 Å². The summed E-state index contributed by atoms with van der Waals surface area (Å²) in [7, 11) is 0. The Bertz CT molecular complexity index is 552. The van der Waals surface area contributed by atoms with Crippen LogP contribution in [0.5, 0.6) is 11.5 Å². The fourth-order valence-corrected chi connectivity index (χ4v) is 2.90. The van der Waals surface area contributed by atoms with E-state index in [4.69, 9.17) is 43.0 Å². The van der Waals surface area contributed by atoms with Crippen LogP contribution in [-0.2, 0) is 28.4 Å². The molecule has 1 heterocycles. The van der Waals surface area contributed by atoms with E-state index in [1.54, 1.807) is 0 Å². The van der Waals surface area contributed by atoms with E-state index in [1.165, 1.54) is 0 Å². The predicted molar refractivity (Wildman–Crippen MR) is 117 cm³/mol. The molecule has 0 spiro atoms. The van der Waals surface area contributed by atoms with Gasteiger partial charge in [0.1, 0.15) is 13.2 Å². The van der Waals surface area contributed by atoms with Gasteiger partial charge in [-0.05, 0) is 31.4 Å². The van der Waals surface area contributed by atoms with Crippen molar-refractivity contribution in [1.82, 2.24) is 0 Å². The molecule has 1 fully saturated rings. The quantitative estimate of drug-likeness (QED) is 0.295. The van der Waals surface area contributed by atoms with Gasteiger partial charge in [0.2, 0.25) is 0 Å². The van der Waals surface area contributed by atoms with Crippen LogP contribution in [-0.4, -0.2) is 97.3 Å². The van der Waals surface area contributed by atoms with E-state index in [1.807, 2.05) is 24.3 Å². The number of benzene rings is 1. The van der Waals surface area contributed by atoms with Gasteiger partial charge in [-0.15, -0.1) is 0 Å². The molecule has 32 heavy (non-hydrogen) atoms. The van der Waals surface area contributed by atoms with Gasteiger partial charge in [0.25, 0.3) is 0 Å². The third-order valence-corrected chi connectivity index (χ3v) is 4.47. The summed E-state index contributed by atoms with van der Waals surface area (Å²) in [5.74, 6) is 1.33. The minimum absolute atomic E-state index is 0.0185. The zero-order valence-electron chi connectivity index (χ0n) is 18.9. The summed E-state index contributed by atoms with van der Waals surface area (Å²) in [6, 6.07) is 7.50. The van der Waals surface area contributed by atoms with Gasteiger partial charge >= 0.3 is 0 Å². The lowest BCUT2D eigenvalue weighted by atomic mass is 10.2. The van der Waals surface area contributed by atoms with Crippen LogP contribution in [0.3, 0.4) is 0 Å². The molecular weight excluding hydrogens is 420 g/mol. The van der Waals surface area contributed by atoms with Crippen molar-refractivity contribution < 1.29 is 43.0 Å². The Hall–Kier alpha value is -1.46. The van der Waals surface area contributed by atoms with Crippen LogP contribution in [0.4, 0.5) is 0 Å². The first-order valence-corrected chi connectivity index (χ1v) is 11.4. The molecule has 0 aromatic heterocycles. The van der Waals surface area contributed by atoms with Gasteiger partial charge < -0.3 is 43.0 Å². The number of aliphatic hydroxyl groups is 1. The van der Waals surface area contributed by atoms with Crippen LogP contribution >= 0.6 is 0 Å². The predicted octanol–water partition coefficient (Wildman–Crippen LogP) is 2.05. The maximum atomic E-state index is 8.62. The fourth-order valence-electron chi connectivity index (χ4n) is 2.90. The maximum absolute atomic E-state index is 8.62. The van der Waals surface area contributed by atoms with Gasteiger partial charge in [-0.3, -0.25) is 0 Å². The number of aliphatic hydroxyl groups excluding tert-OH is 1. The zero-order valence-corrected chi connectivity index (χ0v) is 18.9. The summed E-state index contributed by atoms with van der Waals surface area (Å²) in [6.45, 7) is 5.86. The van der Waals surface area contributed by atoms with Crippen LogP contribution in [0, 0.1) is 0 Å². The standard InChI is InChI=1S/C23H38O9/c24-8-10-25-11-12-26-15-18-29-21-5-1-2-6-22(21)30-19-16-27-13-14-28-17-20-32-23-7-3-4-9-31-23/h1-2,5-6,23-24H,3-4,7-20H2. The average Bonchev–Trinajstić information content (AvgIpc) is 2.83. The first-order chi connectivity index (χ1) is 15.9. The Labute approximate surface area is 190 Å². The summed E-state index contributed by atoms with van der Waals surface area (Å²) in [6.07, 6.45) is 3.17. The van der Waals surface area contributed by atoms with E-state index in [9.17, 15) is 0 Å². The lowest BCUT2D eigenvalue weighted by Crippen LogP contribution is -2.24. The molecule has 2 rings (SSSR count). The van der Waals surface area contributed by atoms with Gasteiger partial charge in [0, 0.05) is 6.61 Å². The molecule has 0 aliphatic carbocycles. The number of hydrogen-bond donors (Lipinski definition) is 1. The third kappa shape index (κ3) is 13.2. The Balaban J connectivity index is 1.42. The highest BCUT2D eigenvalue weighted by Gasteiger charge is 2.13. The Kier molecular flexibility index (Phi) is 15.9.